The van der Waals surface area contributed by atoms with Gasteiger partial charge < -0.3 is 4.98 Å². The second kappa shape index (κ2) is 6.15. The normalized spacial score (nSPS) is 14.2. The second-order valence-corrected chi connectivity index (χ2v) is 7.65. The summed E-state index contributed by atoms with van der Waals surface area (Å²) in [6, 6.07) is 0.320. The molecule has 0 spiro atoms. The van der Waals surface area contributed by atoms with Crippen LogP contribution in [-0.4, -0.2) is 41.6 Å². The predicted octanol–water partition coefficient (Wildman–Crippen LogP) is 1.69. The van der Waals surface area contributed by atoms with Gasteiger partial charge in [-0.1, -0.05) is 23.1 Å². The first-order chi connectivity index (χ1) is 11.6. The topological polar surface area (TPSA) is 118 Å². The fraction of sp³-hybridized carbons (Fsp3) is 0.333. The van der Waals surface area contributed by atoms with E-state index in [0.29, 0.717) is 27.4 Å². The number of nitrogens with one attached hydrogen (secondary N) is 2. The fourth-order valence-corrected chi connectivity index (χ4v) is 3.52. The van der Waals surface area contributed by atoms with E-state index >= 15 is 0 Å². The van der Waals surface area contributed by atoms with Crippen LogP contribution in [0.15, 0.2) is 16.1 Å². The van der Waals surface area contributed by atoms with Crippen LogP contribution < -0.4 is 10.9 Å². The van der Waals surface area contributed by atoms with Crippen molar-refractivity contribution >= 4 is 56.8 Å². The maximum Gasteiger partial charge on any atom is 0.262 e. The van der Waals surface area contributed by atoms with Crippen molar-refractivity contribution in [2.75, 3.05) is 11.1 Å². The molecule has 2 N–H and O–H groups in total. The van der Waals surface area contributed by atoms with Crippen molar-refractivity contribution in [1.29, 1.82) is 0 Å². The first kappa shape index (κ1) is 15.5. The molecule has 0 unspecified atom stereocenters. The lowest BCUT2D eigenvalue weighted by molar-refractivity contribution is -0.113. The number of hydrogen-bond donors (Lipinski definition) is 2. The molecule has 3 heterocycles. The summed E-state index contributed by atoms with van der Waals surface area (Å²) in [5, 5.41) is 15.3. The lowest BCUT2D eigenvalue weighted by Gasteiger charge is -2.03. The van der Waals surface area contributed by atoms with E-state index in [-0.39, 0.29) is 21.7 Å². The van der Waals surface area contributed by atoms with Gasteiger partial charge in [-0.2, -0.15) is 5.10 Å². The molecule has 0 aromatic carbocycles. The molecule has 3 aromatic heterocycles. The van der Waals surface area contributed by atoms with Gasteiger partial charge in [0.1, 0.15) is 5.39 Å². The molecule has 0 atom stereocenters. The summed E-state index contributed by atoms with van der Waals surface area (Å²) in [4.78, 5) is 31.1. The van der Waals surface area contributed by atoms with E-state index in [1.54, 1.807) is 4.68 Å². The highest BCUT2D eigenvalue weighted by atomic mass is 35.5. The first-order valence-electron chi connectivity index (χ1n) is 6.99. The van der Waals surface area contributed by atoms with Crippen molar-refractivity contribution in [3.8, 4) is 0 Å². The second-order valence-electron chi connectivity index (χ2n) is 5.13. The van der Waals surface area contributed by atoms with Gasteiger partial charge in [-0.25, -0.2) is 9.67 Å². The van der Waals surface area contributed by atoms with Crippen molar-refractivity contribution < 1.29 is 4.79 Å². The zero-order chi connectivity index (χ0) is 16.7. The summed E-state index contributed by atoms with van der Waals surface area (Å²) in [6.45, 7) is 0. The maximum atomic E-state index is 12.1. The smallest absolute Gasteiger partial charge is 0.262 e. The van der Waals surface area contributed by atoms with Gasteiger partial charge in [0.15, 0.2) is 10.8 Å². The Bertz CT molecular complexity index is 977. The third-order valence-corrected chi connectivity index (χ3v) is 5.13. The molecule has 0 aliphatic heterocycles. The molecular formula is C12H10ClN7O2S2. The third kappa shape index (κ3) is 3.14. The Labute approximate surface area is 147 Å². The van der Waals surface area contributed by atoms with E-state index in [4.69, 9.17) is 11.6 Å². The predicted molar refractivity (Wildman–Crippen MR) is 90.7 cm³/mol. The van der Waals surface area contributed by atoms with Crippen molar-refractivity contribution in [2.24, 2.45) is 0 Å². The number of aromatic nitrogens is 6. The van der Waals surface area contributed by atoms with Crippen molar-refractivity contribution in [2.45, 2.75) is 24.0 Å². The van der Waals surface area contributed by atoms with Gasteiger partial charge in [-0.3, -0.25) is 14.9 Å². The monoisotopic (exact) mass is 383 g/mol. The van der Waals surface area contributed by atoms with Gasteiger partial charge in [0.25, 0.3) is 5.56 Å². The molecule has 1 saturated carbocycles. The van der Waals surface area contributed by atoms with Gasteiger partial charge in [-0.15, -0.1) is 10.2 Å². The Morgan fingerprint density at radius 2 is 2.33 bits per heavy atom. The molecule has 1 aliphatic rings. The molecule has 0 bridgehead atoms. The minimum atomic E-state index is -0.286. The highest BCUT2D eigenvalue weighted by Gasteiger charge is 2.27. The van der Waals surface area contributed by atoms with Crippen LogP contribution >= 0.6 is 34.7 Å². The van der Waals surface area contributed by atoms with E-state index in [1.165, 1.54) is 6.20 Å². The summed E-state index contributed by atoms with van der Waals surface area (Å²) in [5.74, 6) is -0.213. The van der Waals surface area contributed by atoms with Gasteiger partial charge in [0, 0.05) is 0 Å². The Morgan fingerprint density at radius 1 is 1.50 bits per heavy atom. The summed E-state index contributed by atoms with van der Waals surface area (Å²) >= 11 is 7.86. The quantitative estimate of drug-likeness (QED) is 0.508. The Balaban J connectivity index is 1.49. The minimum Gasteiger partial charge on any atom is -0.301 e. The lowest BCUT2D eigenvalue weighted by atomic mass is 10.4. The van der Waals surface area contributed by atoms with Crippen LogP contribution in [0.4, 0.5) is 5.13 Å². The molecular weight excluding hydrogens is 374 g/mol. The highest BCUT2D eigenvalue weighted by Crippen LogP contribution is 2.35. The summed E-state index contributed by atoms with van der Waals surface area (Å²) in [5.41, 5.74) is 0.297. The van der Waals surface area contributed by atoms with E-state index in [0.717, 1.165) is 35.9 Å². The van der Waals surface area contributed by atoms with E-state index < -0.39 is 0 Å². The number of hydrogen-bond acceptors (Lipinski definition) is 8. The van der Waals surface area contributed by atoms with E-state index in [1.807, 2.05) is 0 Å². The summed E-state index contributed by atoms with van der Waals surface area (Å²) in [7, 11) is 0. The number of fused-ring (bicyclic) bond motifs is 1. The average molecular weight is 384 g/mol. The van der Waals surface area contributed by atoms with Crippen LogP contribution in [0, 0.1) is 0 Å². The molecule has 1 aliphatic carbocycles. The van der Waals surface area contributed by atoms with E-state index in [2.05, 4.69) is 30.6 Å². The number of amides is 1. The van der Waals surface area contributed by atoms with Gasteiger partial charge in [0.05, 0.1) is 18.0 Å². The zero-order valence-corrected chi connectivity index (χ0v) is 14.4. The first-order valence-corrected chi connectivity index (χ1v) is 9.17. The minimum absolute atomic E-state index is 0.0726. The highest BCUT2D eigenvalue weighted by molar-refractivity contribution is 7.99. The molecule has 0 radical (unpaired) electrons. The number of H-pyrrole nitrogens is 1. The molecule has 9 nitrogen and oxygen atoms in total. The number of carbonyl (C=O) groups excluding carboxylic acids is 1. The Morgan fingerprint density at radius 3 is 3.04 bits per heavy atom. The maximum absolute atomic E-state index is 12.1. The number of nitrogens with zero attached hydrogens (tertiary/aromatic N) is 5. The van der Waals surface area contributed by atoms with Gasteiger partial charge >= 0.3 is 0 Å². The van der Waals surface area contributed by atoms with Crippen molar-refractivity contribution in [3.63, 3.8) is 0 Å². The van der Waals surface area contributed by atoms with Crippen LogP contribution in [0.2, 0.25) is 4.47 Å². The number of aromatic amines is 1. The summed E-state index contributed by atoms with van der Waals surface area (Å²) in [6.07, 6.45) is 3.61. The Hall–Kier alpha value is -1.98. The van der Waals surface area contributed by atoms with Crippen molar-refractivity contribution in [3.05, 3.63) is 21.0 Å². The molecule has 4 rings (SSSR count). The summed E-state index contributed by atoms with van der Waals surface area (Å²) < 4.78 is 2.03. The van der Waals surface area contributed by atoms with Crippen LogP contribution in [0.3, 0.4) is 0 Å². The molecule has 24 heavy (non-hydrogen) atoms. The van der Waals surface area contributed by atoms with E-state index in [9.17, 15) is 9.59 Å². The Kier molecular flexibility index (Phi) is 3.98. The van der Waals surface area contributed by atoms with Crippen LogP contribution in [0.25, 0.3) is 11.0 Å². The molecule has 1 amide bonds. The molecule has 124 valence electrons. The number of rotatable bonds is 5. The molecule has 3 aromatic rings. The van der Waals surface area contributed by atoms with Crippen LogP contribution in [-0.2, 0) is 4.79 Å². The molecule has 12 heteroatoms. The largest absolute Gasteiger partial charge is 0.301 e. The number of carbonyl (C=O) groups is 1. The SMILES string of the molecule is O=C(CSc1nc2c(cnn2C2CC2)c(=O)[nH]1)Nc1nnc(Cl)s1. The van der Waals surface area contributed by atoms with Crippen molar-refractivity contribution in [1.82, 2.24) is 29.9 Å². The average Bonchev–Trinajstić information content (AvgIpc) is 3.17. The van der Waals surface area contributed by atoms with Crippen LogP contribution in [0.5, 0.6) is 0 Å². The number of thioether (sulfide) groups is 1. The number of anilines is 1. The zero-order valence-electron chi connectivity index (χ0n) is 12.0. The lowest BCUT2D eigenvalue weighted by Crippen LogP contribution is -2.15. The van der Waals surface area contributed by atoms with Gasteiger partial charge in [0.2, 0.25) is 15.5 Å². The van der Waals surface area contributed by atoms with Crippen LogP contribution in [0.1, 0.15) is 18.9 Å². The fourth-order valence-electron chi connectivity index (χ4n) is 2.12. The standard InChI is InChI=1S/C12H10ClN7O2S2/c13-10-18-19-12(24-10)15-7(21)4-23-11-16-8-6(9(22)17-11)3-14-20(8)5-1-2-5/h3,5H,1-2,4H2,(H,15,19,21)(H,16,17,22). The molecule has 1 fully saturated rings. The third-order valence-electron chi connectivity index (χ3n) is 3.32. The molecule has 0 saturated heterocycles. The van der Waals surface area contributed by atoms with Gasteiger partial charge in [-0.05, 0) is 24.4 Å². The number of halogens is 1.